The van der Waals surface area contributed by atoms with Crippen LogP contribution in [0.15, 0.2) is 30.0 Å². The minimum Gasteiger partial charge on any atom is -0.378 e. The molecule has 0 spiro atoms. The Labute approximate surface area is 132 Å². The van der Waals surface area contributed by atoms with E-state index in [0.29, 0.717) is 19.8 Å². The third kappa shape index (κ3) is 2.83. The SMILES string of the molecule is O=C1NCCC(c2ccc(I)cc2)=C1N1CCOCC1. The molecule has 0 aromatic heterocycles. The highest BCUT2D eigenvalue weighted by atomic mass is 127. The molecule has 0 unspecified atom stereocenters. The lowest BCUT2D eigenvalue weighted by atomic mass is 9.96. The van der Waals surface area contributed by atoms with Gasteiger partial charge in [-0.2, -0.15) is 0 Å². The first kappa shape index (κ1) is 13.9. The summed E-state index contributed by atoms with van der Waals surface area (Å²) in [5.74, 6) is 0.0479. The van der Waals surface area contributed by atoms with Crippen LogP contribution in [0.5, 0.6) is 0 Å². The Hall–Kier alpha value is -1.08. The molecule has 106 valence electrons. The van der Waals surface area contributed by atoms with Gasteiger partial charge in [-0.25, -0.2) is 0 Å². The number of amides is 1. The van der Waals surface area contributed by atoms with E-state index in [9.17, 15) is 4.79 Å². The van der Waals surface area contributed by atoms with Crippen LogP contribution in [0.1, 0.15) is 12.0 Å². The Morgan fingerprint density at radius 3 is 2.55 bits per heavy atom. The summed E-state index contributed by atoms with van der Waals surface area (Å²) in [6, 6.07) is 8.39. The molecule has 1 N–H and O–H groups in total. The van der Waals surface area contributed by atoms with Gasteiger partial charge in [0.25, 0.3) is 5.91 Å². The summed E-state index contributed by atoms with van der Waals surface area (Å²) in [5, 5.41) is 2.96. The summed E-state index contributed by atoms with van der Waals surface area (Å²) in [7, 11) is 0. The first-order chi connectivity index (χ1) is 9.75. The molecular formula is C15H17IN2O2. The van der Waals surface area contributed by atoms with Gasteiger partial charge in [-0.3, -0.25) is 4.79 Å². The number of morpholine rings is 1. The van der Waals surface area contributed by atoms with Crippen molar-refractivity contribution < 1.29 is 9.53 Å². The topological polar surface area (TPSA) is 41.6 Å². The van der Waals surface area contributed by atoms with Crippen LogP contribution in [0.3, 0.4) is 0 Å². The molecule has 2 aliphatic heterocycles. The van der Waals surface area contributed by atoms with Crippen molar-refractivity contribution in [1.29, 1.82) is 0 Å². The average Bonchev–Trinajstić information content (AvgIpc) is 2.49. The van der Waals surface area contributed by atoms with E-state index in [2.05, 4.69) is 57.1 Å². The number of rotatable bonds is 2. The molecule has 0 saturated carbocycles. The minimum absolute atomic E-state index is 0.0479. The number of halogens is 1. The lowest BCUT2D eigenvalue weighted by Gasteiger charge is -2.34. The number of carbonyl (C=O) groups excluding carboxylic acids is 1. The fraction of sp³-hybridized carbons (Fsp3) is 0.400. The fourth-order valence-corrected chi connectivity index (χ4v) is 3.05. The highest BCUT2D eigenvalue weighted by Gasteiger charge is 2.27. The van der Waals surface area contributed by atoms with Gasteiger partial charge in [-0.1, -0.05) is 12.1 Å². The van der Waals surface area contributed by atoms with Crippen LogP contribution in [0.4, 0.5) is 0 Å². The number of hydrogen-bond donors (Lipinski definition) is 1. The van der Waals surface area contributed by atoms with Crippen LogP contribution in [0.25, 0.3) is 5.57 Å². The van der Waals surface area contributed by atoms with Crippen LogP contribution < -0.4 is 5.32 Å². The lowest BCUT2D eigenvalue weighted by Crippen LogP contribution is -2.44. The van der Waals surface area contributed by atoms with Crippen molar-refractivity contribution in [3.63, 3.8) is 0 Å². The van der Waals surface area contributed by atoms with Crippen LogP contribution in [-0.2, 0) is 9.53 Å². The first-order valence-electron chi connectivity index (χ1n) is 6.85. The zero-order valence-electron chi connectivity index (χ0n) is 11.2. The summed E-state index contributed by atoms with van der Waals surface area (Å²) in [5.41, 5.74) is 3.15. The fourth-order valence-electron chi connectivity index (χ4n) is 2.69. The quantitative estimate of drug-likeness (QED) is 0.792. The van der Waals surface area contributed by atoms with E-state index in [1.165, 1.54) is 3.57 Å². The summed E-state index contributed by atoms with van der Waals surface area (Å²) in [6.07, 6.45) is 0.888. The number of nitrogens with one attached hydrogen (secondary N) is 1. The molecule has 2 heterocycles. The van der Waals surface area contributed by atoms with Gasteiger partial charge in [0.15, 0.2) is 0 Å². The van der Waals surface area contributed by atoms with Gasteiger partial charge in [-0.05, 0) is 52.3 Å². The molecule has 5 heteroatoms. The second-order valence-corrected chi connectivity index (χ2v) is 6.19. The normalized spacial score (nSPS) is 20.1. The van der Waals surface area contributed by atoms with E-state index >= 15 is 0 Å². The van der Waals surface area contributed by atoms with Crippen LogP contribution in [0.2, 0.25) is 0 Å². The van der Waals surface area contributed by atoms with Crippen LogP contribution in [0, 0.1) is 3.57 Å². The Morgan fingerprint density at radius 1 is 1.15 bits per heavy atom. The molecule has 3 rings (SSSR count). The van der Waals surface area contributed by atoms with Crippen molar-refractivity contribution in [2.45, 2.75) is 6.42 Å². The van der Waals surface area contributed by atoms with Gasteiger partial charge in [-0.15, -0.1) is 0 Å². The molecule has 0 bridgehead atoms. The third-order valence-corrected chi connectivity index (χ3v) is 4.40. The first-order valence-corrected chi connectivity index (χ1v) is 7.93. The van der Waals surface area contributed by atoms with E-state index in [4.69, 9.17) is 4.74 Å². The van der Waals surface area contributed by atoms with Crippen molar-refractivity contribution in [3.8, 4) is 0 Å². The average molecular weight is 384 g/mol. The molecule has 0 atom stereocenters. The Balaban J connectivity index is 2.00. The maximum absolute atomic E-state index is 12.3. The Kier molecular flexibility index (Phi) is 4.26. The molecule has 1 aromatic rings. The summed E-state index contributed by atoms with van der Waals surface area (Å²) >= 11 is 2.30. The zero-order chi connectivity index (χ0) is 13.9. The molecule has 1 amide bonds. The molecule has 0 radical (unpaired) electrons. The standard InChI is InChI=1S/C15H17IN2O2/c16-12-3-1-11(2-4-12)13-5-6-17-15(19)14(13)18-7-9-20-10-8-18/h1-4H,5-10H2,(H,17,19). The number of nitrogens with zero attached hydrogens (tertiary/aromatic N) is 1. The third-order valence-electron chi connectivity index (χ3n) is 3.68. The largest absolute Gasteiger partial charge is 0.378 e. The summed E-state index contributed by atoms with van der Waals surface area (Å²) in [4.78, 5) is 14.4. The highest BCUT2D eigenvalue weighted by molar-refractivity contribution is 14.1. The Bertz CT molecular complexity index is 533. The summed E-state index contributed by atoms with van der Waals surface area (Å²) < 4.78 is 6.59. The zero-order valence-corrected chi connectivity index (χ0v) is 13.4. The predicted octanol–water partition coefficient (Wildman–Crippen LogP) is 1.85. The van der Waals surface area contributed by atoms with Crippen LogP contribution >= 0.6 is 22.6 Å². The van der Waals surface area contributed by atoms with Crippen molar-refractivity contribution in [2.75, 3.05) is 32.8 Å². The maximum Gasteiger partial charge on any atom is 0.267 e. The molecule has 0 aliphatic carbocycles. The predicted molar refractivity (Wildman–Crippen MR) is 86.1 cm³/mol. The number of benzene rings is 1. The van der Waals surface area contributed by atoms with Crippen molar-refractivity contribution in [1.82, 2.24) is 10.2 Å². The second kappa shape index (κ2) is 6.13. The van der Waals surface area contributed by atoms with E-state index in [0.717, 1.165) is 36.3 Å². The van der Waals surface area contributed by atoms with E-state index in [1.54, 1.807) is 0 Å². The molecular weight excluding hydrogens is 367 g/mol. The van der Waals surface area contributed by atoms with Gasteiger partial charge in [0.05, 0.1) is 13.2 Å². The number of carbonyl (C=O) groups is 1. The Morgan fingerprint density at radius 2 is 1.85 bits per heavy atom. The van der Waals surface area contributed by atoms with E-state index in [1.807, 2.05) is 0 Å². The van der Waals surface area contributed by atoms with Gasteiger partial charge < -0.3 is 15.0 Å². The van der Waals surface area contributed by atoms with Gasteiger partial charge >= 0.3 is 0 Å². The summed E-state index contributed by atoms with van der Waals surface area (Å²) in [6.45, 7) is 3.68. The molecule has 2 aliphatic rings. The monoisotopic (exact) mass is 384 g/mol. The van der Waals surface area contributed by atoms with Crippen molar-refractivity contribution in [2.24, 2.45) is 0 Å². The lowest BCUT2D eigenvalue weighted by molar-refractivity contribution is -0.119. The second-order valence-electron chi connectivity index (χ2n) is 4.94. The molecule has 1 fully saturated rings. The smallest absolute Gasteiger partial charge is 0.267 e. The van der Waals surface area contributed by atoms with Crippen molar-refractivity contribution in [3.05, 3.63) is 39.1 Å². The molecule has 20 heavy (non-hydrogen) atoms. The van der Waals surface area contributed by atoms with Crippen molar-refractivity contribution >= 4 is 34.1 Å². The van der Waals surface area contributed by atoms with Gasteiger partial charge in [0, 0.05) is 23.2 Å². The number of hydrogen-bond acceptors (Lipinski definition) is 3. The van der Waals surface area contributed by atoms with E-state index < -0.39 is 0 Å². The van der Waals surface area contributed by atoms with E-state index in [-0.39, 0.29) is 5.91 Å². The van der Waals surface area contributed by atoms with Gasteiger partial charge in [0.1, 0.15) is 5.70 Å². The molecule has 1 saturated heterocycles. The van der Waals surface area contributed by atoms with Gasteiger partial charge in [0.2, 0.25) is 0 Å². The number of ether oxygens (including phenoxy) is 1. The molecule has 1 aromatic carbocycles. The maximum atomic E-state index is 12.3. The minimum atomic E-state index is 0.0479. The van der Waals surface area contributed by atoms with Crippen LogP contribution in [-0.4, -0.2) is 43.7 Å². The molecule has 4 nitrogen and oxygen atoms in total. The highest BCUT2D eigenvalue weighted by Crippen LogP contribution is 2.28.